The highest BCUT2D eigenvalue weighted by Crippen LogP contribution is 2.26. The van der Waals surface area contributed by atoms with Crippen LogP contribution in [0.25, 0.3) is 10.8 Å². The first kappa shape index (κ1) is 14.5. The lowest BCUT2D eigenvalue weighted by Gasteiger charge is -2.27. The van der Waals surface area contributed by atoms with Crippen molar-refractivity contribution in [2.45, 2.75) is 33.4 Å². The number of rotatable bonds is 3. The van der Waals surface area contributed by atoms with Crippen molar-refractivity contribution in [2.24, 2.45) is 0 Å². The molecular weight excluding hydrogens is 308 g/mol. The molecular formula is C17H18N4OS. The van der Waals surface area contributed by atoms with Gasteiger partial charge in [0.25, 0.3) is 0 Å². The number of aromatic nitrogens is 3. The molecule has 3 aromatic rings. The largest absolute Gasteiger partial charge is 0.459 e. The first-order valence-corrected chi connectivity index (χ1v) is 8.60. The summed E-state index contributed by atoms with van der Waals surface area (Å²) in [5.74, 6) is 2.61. The van der Waals surface area contributed by atoms with Gasteiger partial charge in [-0.05, 0) is 38.0 Å². The molecule has 0 spiro atoms. The Morgan fingerprint density at radius 1 is 1.26 bits per heavy atom. The maximum Gasteiger partial charge on any atom is 0.162 e. The number of thiazole rings is 1. The van der Waals surface area contributed by atoms with Gasteiger partial charge in [0.15, 0.2) is 10.8 Å². The van der Waals surface area contributed by atoms with Crippen LogP contribution in [0.5, 0.6) is 0 Å². The molecule has 0 unspecified atom stereocenters. The number of aryl methyl sites for hydroxylation is 2. The zero-order chi connectivity index (χ0) is 15.8. The van der Waals surface area contributed by atoms with Crippen molar-refractivity contribution in [2.75, 3.05) is 6.54 Å². The van der Waals surface area contributed by atoms with E-state index in [2.05, 4.69) is 20.2 Å². The molecule has 118 valence electrons. The summed E-state index contributed by atoms with van der Waals surface area (Å²) in [5.41, 5.74) is 3.52. The molecule has 0 N–H and O–H groups in total. The second-order valence-corrected chi connectivity index (χ2v) is 6.76. The van der Waals surface area contributed by atoms with Crippen LogP contribution in [0.1, 0.15) is 28.5 Å². The van der Waals surface area contributed by atoms with Crippen LogP contribution < -0.4 is 0 Å². The van der Waals surface area contributed by atoms with E-state index < -0.39 is 0 Å². The molecule has 0 fully saturated rings. The molecule has 5 nitrogen and oxygen atoms in total. The highest BCUT2D eigenvalue weighted by molar-refractivity contribution is 7.13. The Morgan fingerprint density at radius 3 is 3.00 bits per heavy atom. The van der Waals surface area contributed by atoms with Gasteiger partial charge in [0.05, 0.1) is 11.4 Å². The van der Waals surface area contributed by atoms with E-state index in [0.29, 0.717) is 0 Å². The van der Waals surface area contributed by atoms with Crippen LogP contribution in [0.4, 0.5) is 0 Å². The smallest absolute Gasteiger partial charge is 0.162 e. The highest BCUT2D eigenvalue weighted by Gasteiger charge is 2.19. The van der Waals surface area contributed by atoms with Crippen molar-refractivity contribution in [3.8, 4) is 10.8 Å². The molecule has 6 heteroatoms. The van der Waals surface area contributed by atoms with E-state index in [4.69, 9.17) is 9.40 Å². The van der Waals surface area contributed by atoms with Gasteiger partial charge in [0, 0.05) is 31.2 Å². The van der Waals surface area contributed by atoms with E-state index in [1.807, 2.05) is 32.2 Å². The van der Waals surface area contributed by atoms with E-state index in [1.165, 1.54) is 5.56 Å². The maximum absolute atomic E-state index is 5.65. The molecule has 0 bridgehead atoms. The molecule has 4 heterocycles. The first-order valence-electron chi connectivity index (χ1n) is 7.72. The minimum Gasteiger partial charge on any atom is -0.459 e. The standard InChI is InChI=1S/C17H18N4OS/c1-11-3-4-16(22-11)17-20-14(10-23-17)8-21-6-5-13-7-18-12(2)19-15(13)9-21/h3-4,7,10H,5-6,8-9H2,1-2H3. The fourth-order valence-corrected chi connectivity index (χ4v) is 3.63. The van der Waals surface area contributed by atoms with E-state index in [1.54, 1.807) is 11.3 Å². The summed E-state index contributed by atoms with van der Waals surface area (Å²) in [6, 6.07) is 3.95. The molecule has 1 aliphatic heterocycles. The number of hydrogen-bond donors (Lipinski definition) is 0. The van der Waals surface area contributed by atoms with E-state index in [9.17, 15) is 0 Å². The maximum atomic E-state index is 5.65. The average Bonchev–Trinajstić information content (AvgIpc) is 3.16. The summed E-state index contributed by atoms with van der Waals surface area (Å²) >= 11 is 1.64. The third-order valence-corrected chi connectivity index (χ3v) is 4.94. The van der Waals surface area contributed by atoms with Crippen molar-refractivity contribution >= 4 is 11.3 Å². The molecule has 0 aliphatic carbocycles. The summed E-state index contributed by atoms with van der Waals surface area (Å²) < 4.78 is 5.65. The topological polar surface area (TPSA) is 55.1 Å². The lowest BCUT2D eigenvalue weighted by molar-refractivity contribution is 0.238. The van der Waals surface area contributed by atoms with Crippen LogP contribution in [-0.4, -0.2) is 26.4 Å². The molecule has 3 aromatic heterocycles. The molecule has 0 saturated heterocycles. The monoisotopic (exact) mass is 326 g/mol. The van der Waals surface area contributed by atoms with Crippen LogP contribution >= 0.6 is 11.3 Å². The van der Waals surface area contributed by atoms with E-state index in [-0.39, 0.29) is 0 Å². The predicted molar refractivity (Wildman–Crippen MR) is 89.1 cm³/mol. The Balaban J connectivity index is 1.48. The van der Waals surface area contributed by atoms with Crippen LogP contribution in [0.3, 0.4) is 0 Å². The van der Waals surface area contributed by atoms with Gasteiger partial charge in [-0.1, -0.05) is 0 Å². The van der Waals surface area contributed by atoms with Crippen LogP contribution in [0.15, 0.2) is 28.1 Å². The van der Waals surface area contributed by atoms with Gasteiger partial charge < -0.3 is 4.42 Å². The Morgan fingerprint density at radius 2 is 2.17 bits per heavy atom. The Bertz CT molecular complexity index is 839. The SMILES string of the molecule is Cc1ncc2c(n1)CN(Cc1csc(-c3ccc(C)o3)n1)CC2. The summed E-state index contributed by atoms with van der Waals surface area (Å²) in [6.45, 7) is 6.63. The molecule has 1 aliphatic rings. The van der Waals surface area contributed by atoms with E-state index >= 15 is 0 Å². The first-order chi connectivity index (χ1) is 11.2. The zero-order valence-corrected chi connectivity index (χ0v) is 14.1. The fraction of sp³-hybridized carbons (Fsp3) is 0.353. The highest BCUT2D eigenvalue weighted by atomic mass is 32.1. The minimum absolute atomic E-state index is 0.842. The lowest BCUT2D eigenvalue weighted by atomic mass is 10.1. The Labute approximate surface area is 139 Å². The van der Waals surface area contributed by atoms with Crippen LogP contribution in [0, 0.1) is 13.8 Å². The summed E-state index contributed by atoms with van der Waals surface area (Å²) in [7, 11) is 0. The predicted octanol–water partition coefficient (Wildman–Crippen LogP) is 3.37. The summed E-state index contributed by atoms with van der Waals surface area (Å²) in [5, 5.41) is 3.07. The second kappa shape index (κ2) is 5.86. The van der Waals surface area contributed by atoms with Crippen molar-refractivity contribution in [3.63, 3.8) is 0 Å². The molecule has 0 saturated carbocycles. The molecule has 0 radical (unpaired) electrons. The van der Waals surface area contributed by atoms with Gasteiger partial charge in [0.2, 0.25) is 0 Å². The quantitative estimate of drug-likeness (QED) is 0.738. The number of hydrogen-bond acceptors (Lipinski definition) is 6. The van der Waals surface area contributed by atoms with Gasteiger partial charge in [0.1, 0.15) is 11.6 Å². The third kappa shape index (κ3) is 3.04. The molecule has 0 amide bonds. The van der Waals surface area contributed by atoms with Crippen molar-refractivity contribution in [3.05, 3.63) is 52.2 Å². The van der Waals surface area contributed by atoms with Gasteiger partial charge >= 0.3 is 0 Å². The second-order valence-electron chi connectivity index (χ2n) is 5.90. The Hall–Kier alpha value is -2.05. The van der Waals surface area contributed by atoms with Gasteiger partial charge in [-0.25, -0.2) is 15.0 Å². The van der Waals surface area contributed by atoms with Crippen molar-refractivity contribution in [1.82, 2.24) is 19.9 Å². The number of furan rings is 1. The minimum atomic E-state index is 0.842. The van der Waals surface area contributed by atoms with Crippen LogP contribution in [-0.2, 0) is 19.5 Å². The number of fused-ring (bicyclic) bond motifs is 1. The number of nitrogens with zero attached hydrogens (tertiary/aromatic N) is 4. The Kier molecular flexibility index (Phi) is 3.71. The zero-order valence-electron chi connectivity index (χ0n) is 13.2. The average molecular weight is 326 g/mol. The molecule has 23 heavy (non-hydrogen) atoms. The van der Waals surface area contributed by atoms with Gasteiger partial charge in [-0.2, -0.15) is 0 Å². The summed E-state index contributed by atoms with van der Waals surface area (Å²) in [6.07, 6.45) is 2.97. The van der Waals surface area contributed by atoms with Crippen molar-refractivity contribution in [1.29, 1.82) is 0 Å². The van der Waals surface area contributed by atoms with Crippen molar-refractivity contribution < 1.29 is 4.42 Å². The fourth-order valence-electron chi connectivity index (χ4n) is 2.86. The van der Waals surface area contributed by atoms with Gasteiger partial charge in [-0.15, -0.1) is 11.3 Å². The normalized spacial score (nSPS) is 14.9. The third-order valence-electron chi connectivity index (χ3n) is 4.03. The molecule has 0 atom stereocenters. The van der Waals surface area contributed by atoms with Gasteiger partial charge in [-0.3, -0.25) is 4.90 Å². The van der Waals surface area contributed by atoms with E-state index in [0.717, 1.165) is 59.8 Å². The molecule has 4 rings (SSSR count). The van der Waals surface area contributed by atoms with Crippen LogP contribution in [0.2, 0.25) is 0 Å². The summed E-state index contributed by atoms with van der Waals surface area (Å²) in [4.78, 5) is 16.0. The molecule has 0 aromatic carbocycles. The lowest BCUT2D eigenvalue weighted by Crippen LogP contribution is -2.31.